The van der Waals surface area contributed by atoms with Gasteiger partial charge in [-0.2, -0.15) is 0 Å². The van der Waals surface area contributed by atoms with Gasteiger partial charge in [-0.15, -0.1) is 0 Å². The van der Waals surface area contributed by atoms with Crippen LogP contribution in [0.15, 0.2) is 23.0 Å². The molecule has 118 valence electrons. The number of halogens is 2. The van der Waals surface area contributed by atoms with Crippen molar-refractivity contribution in [3.8, 4) is 5.69 Å². The summed E-state index contributed by atoms with van der Waals surface area (Å²) in [6.07, 6.45) is 0.697. The largest absolute Gasteiger partial charge is 0.356 e. The maximum absolute atomic E-state index is 12.6. The molecule has 0 atom stereocenters. The maximum atomic E-state index is 12.6. The highest BCUT2D eigenvalue weighted by Crippen LogP contribution is 2.27. The normalized spacial score (nSPS) is 10.8. The van der Waals surface area contributed by atoms with Crippen molar-refractivity contribution >= 4 is 35.3 Å². The van der Waals surface area contributed by atoms with Crippen LogP contribution in [-0.2, 0) is 7.05 Å². The van der Waals surface area contributed by atoms with Gasteiger partial charge in [-0.1, -0.05) is 23.2 Å². The Balaban J connectivity index is 2.81. The number of carbonyl (C=O) groups is 1. The third kappa shape index (κ3) is 2.66. The molecule has 0 N–H and O–H groups in total. The topological polar surface area (TPSA) is 47.2 Å². The molecule has 0 aliphatic heterocycles. The van der Waals surface area contributed by atoms with Crippen LogP contribution in [0.3, 0.4) is 0 Å². The minimum atomic E-state index is -0.303. The van der Waals surface area contributed by atoms with Gasteiger partial charge in [0.25, 0.3) is 0 Å². The van der Waals surface area contributed by atoms with Gasteiger partial charge in [-0.25, -0.2) is 9.36 Å². The van der Waals surface area contributed by atoms with Crippen LogP contribution in [0.5, 0.6) is 0 Å². The molecule has 1 heterocycles. The standard InChI is InChI=1S/C15H17Cl2N3O2/c1-4-19(5-2)14-13(9-21)18(3)15(22)20(14)10-6-7-11(16)12(17)8-10/h6-9H,4-5H2,1-3H3. The molecular formula is C15H17Cl2N3O2. The number of hydrogen-bond acceptors (Lipinski definition) is 3. The van der Waals surface area contributed by atoms with Gasteiger partial charge in [0.15, 0.2) is 6.29 Å². The highest BCUT2D eigenvalue weighted by Gasteiger charge is 2.22. The zero-order valence-electron chi connectivity index (χ0n) is 12.6. The van der Waals surface area contributed by atoms with Crippen LogP contribution in [0.4, 0.5) is 5.82 Å². The molecule has 7 heteroatoms. The molecule has 22 heavy (non-hydrogen) atoms. The van der Waals surface area contributed by atoms with E-state index in [0.717, 1.165) is 0 Å². The first-order chi connectivity index (χ1) is 10.5. The molecule has 1 aromatic heterocycles. The zero-order valence-corrected chi connectivity index (χ0v) is 14.1. The van der Waals surface area contributed by atoms with Crippen molar-refractivity contribution in [1.29, 1.82) is 0 Å². The molecule has 0 unspecified atom stereocenters. The van der Waals surface area contributed by atoms with E-state index < -0.39 is 0 Å². The van der Waals surface area contributed by atoms with Gasteiger partial charge < -0.3 is 4.90 Å². The summed E-state index contributed by atoms with van der Waals surface area (Å²) in [7, 11) is 1.58. The van der Waals surface area contributed by atoms with E-state index in [4.69, 9.17) is 23.2 Å². The lowest BCUT2D eigenvalue weighted by atomic mass is 10.3. The van der Waals surface area contributed by atoms with E-state index in [9.17, 15) is 9.59 Å². The molecule has 0 aliphatic carbocycles. The third-order valence-electron chi connectivity index (χ3n) is 3.62. The number of benzene rings is 1. The summed E-state index contributed by atoms with van der Waals surface area (Å²) in [4.78, 5) is 26.0. The van der Waals surface area contributed by atoms with E-state index >= 15 is 0 Å². The fourth-order valence-corrected chi connectivity index (χ4v) is 2.72. The van der Waals surface area contributed by atoms with E-state index in [1.807, 2.05) is 18.7 Å². The van der Waals surface area contributed by atoms with Crippen LogP contribution in [0, 0.1) is 0 Å². The lowest BCUT2D eigenvalue weighted by molar-refractivity contribution is 0.111. The van der Waals surface area contributed by atoms with Gasteiger partial charge in [-0.3, -0.25) is 9.36 Å². The Kier molecular flexibility index (Phi) is 4.98. The first-order valence-corrected chi connectivity index (χ1v) is 7.69. The second kappa shape index (κ2) is 6.58. The van der Waals surface area contributed by atoms with Crippen molar-refractivity contribution < 1.29 is 4.79 Å². The van der Waals surface area contributed by atoms with Crippen LogP contribution in [0.25, 0.3) is 5.69 Å². The summed E-state index contributed by atoms with van der Waals surface area (Å²) in [5, 5.41) is 0.766. The average molecular weight is 342 g/mol. The first-order valence-electron chi connectivity index (χ1n) is 6.93. The molecule has 0 saturated carbocycles. The zero-order chi connectivity index (χ0) is 16.4. The van der Waals surface area contributed by atoms with E-state index in [0.29, 0.717) is 46.6 Å². The lowest BCUT2D eigenvalue weighted by Crippen LogP contribution is -2.28. The Morgan fingerprint density at radius 2 is 1.82 bits per heavy atom. The van der Waals surface area contributed by atoms with Gasteiger partial charge in [0.1, 0.15) is 11.5 Å². The molecule has 0 saturated heterocycles. The summed E-state index contributed by atoms with van der Waals surface area (Å²) in [5.74, 6) is 0.561. The SMILES string of the molecule is CCN(CC)c1c(C=O)n(C)c(=O)n1-c1ccc(Cl)c(Cl)c1. The summed E-state index contributed by atoms with van der Waals surface area (Å²) >= 11 is 12.0. The van der Waals surface area contributed by atoms with Crippen molar-refractivity contribution in [3.05, 3.63) is 44.4 Å². The second-order valence-electron chi connectivity index (χ2n) is 4.77. The molecule has 2 rings (SSSR count). The summed E-state index contributed by atoms with van der Waals surface area (Å²) in [6.45, 7) is 5.27. The Morgan fingerprint density at radius 3 is 2.32 bits per heavy atom. The molecule has 1 aromatic carbocycles. The molecular weight excluding hydrogens is 325 g/mol. The Labute approximate surface area is 138 Å². The fourth-order valence-electron chi connectivity index (χ4n) is 2.42. The van der Waals surface area contributed by atoms with Crippen molar-refractivity contribution in [2.45, 2.75) is 13.8 Å². The van der Waals surface area contributed by atoms with Crippen molar-refractivity contribution in [2.24, 2.45) is 7.05 Å². The highest BCUT2D eigenvalue weighted by atomic mass is 35.5. The quantitative estimate of drug-likeness (QED) is 0.785. The number of anilines is 1. The minimum Gasteiger partial charge on any atom is -0.356 e. The number of nitrogens with zero attached hydrogens (tertiary/aromatic N) is 3. The Bertz CT molecular complexity index is 761. The molecule has 0 bridgehead atoms. The van der Waals surface area contributed by atoms with Gasteiger partial charge in [0.2, 0.25) is 0 Å². The van der Waals surface area contributed by atoms with Crippen LogP contribution in [-0.4, -0.2) is 28.5 Å². The minimum absolute atomic E-state index is 0.303. The molecule has 0 spiro atoms. The van der Waals surface area contributed by atoms with E-state index in [1.54, 1.807) is 25.2 Å². The van der Waals surface area contributed by atoms with Crippen LogP contribution in [0.2, 0.25) is 10.0 Å². The Morgan fingerprint density at radius 1 is 1.18 bits per heavy atom. The van der Waals surface area contributed by atoms with Crippen molar-refractivity contribution in [3.63, 3.8) is 0 Å². The maximum Gasteiger partial charge on any atom is 0.334 e. The lowest BCUT2D eigenvalue weighted by Gasteiger charge is -2.22. The van der Waals surface area contributed by atoms with Gasteiger partial charge in [0, 0.05) is 20.1 Å². The number of aromatic nitrogens is 2. The summed E-state index contributed by atoms with van der Waals surface area (Å²) < 4.78 is 2.82. The number of rotatable bonds is 5. The molecule has 2 aromatic rings. The number of aldehydes is 1. The molecule has 0 radical (unpaired) electrons. The Hall–Kier alpha value is -1.72. The number of carbonyl (C=O) groups excluding carboxylic acids is 1. The predicted molar refractivity (Wildman–Crippen MR) is 90.0 cm³/mol. The monoisotopic (exact) mass is 341 g/mol. The van der Waals surface area contributed by atoms with Crippen molar-refractivity contribution in [2.75, 3.05) is 18.0 Å². The second-order valence-corrected chi connectivity index (χ2v) is 5.59. The van der Waals surface area contributed by atoms with Gasteiger partial charge >= 0.3 is 5.69 Å². The smallest absolute Gasteiger partial charge is 0.334 e. The summed E-state index contributed by atoms with van der Waals surface area (Å²) in [6, 6.07) is 4.95. The number of imidazole rings is 1. The predicted octanol–water partition coefficient (Wildman–Crippen LogP) is 3.14. The van der Waals surface area contributed by atoms with E-state index in [2.05, 4.69) is 0 Å². The molecule has 0 aliphatic rings. The van der Waals surface area contributed by atoms with Gasteiger partial charge in [-0.05, 0) is 32.0 Å². The first kappa shape index (κ1) is 16.6. The molecule has 0 amide bonds. The number of hydrogen-bond donors (Lipinski definition) is 0. The summed E-state index contributed by atoms with van der Waals surface area (Å²) in [5.41, 5.74) is 0.604. The highest BCUT2D eigenvalue weighted by molar-refractivity contribution is 6.42. The average Bonchev–Trinajstić information content (AvgIpc) is 2.75. The van der Waals surface area contributed by atoms with Gasteiger partial charge in [0.05, 0.1) is 15.7 Å². The fraction of sp³-hybridized carbons (Fsp3) is 0.333. The van der Waals surface area contributed by atoms with E-state index in [-0.39, 0.29) is 5.69 Å². The third-order valence-corrected chi connectivity index (χ3v) is 4.36. The van der Waals surface area contributed by atoms with Crippen LogP contribution in [0.1, 0.15) is 24.3 Å². The van der Waals surface area contributed by atoms with Crippen LogP contribution < -0.4 is 10.6 Å². The molecule has 0 fully saturated rings. The van der Waals surface area contributed by atoms with Crippen molar-refractivity contribution in [1.82, 2.24) is 9.13 Å². The van der Waals surface area contributed by atoms with E-state index in [1.165, 1.54) is 9.13 Å². The molecule has 5 nitrogen and oxygen atoms in total. The van der Waals surface area contributed by atoms with Crippen LogP contribution >= 0.6 is 23.2 Å².